The van der Waals surface area contributed by atoms with Gasteiger partial charge in [0.05, 0.1) is 3.58 Å². The van der Waals surface area contributed by atoms with Crippen LogP contribution in [0.4, 0.5) is 0 Å². The van der Waals surface area contributed by atoms with E-state index in [-0.39, 0.29) is 5.97 Å². The molecule has 3 nitrogen and oxygen atoms in total. The van der Waals surface area contributed by atoms with Gasteiger partial charge in [0.15, 0.2) is 0 Å². The van der Waals surface area contributed by atoms with Crippen LogP contribution in [0.2, 0.25) is 0 Å². The molecule has 0 aliphatic carbocycles. The van der Waals surface area contributed by atoms with Crippen LogP contribution in [-0.2, 0) is 9.53 Å². The second kappa shape index (κ2) is 6.40. The number of likely N-dealkylation sites (tertiary alicyclic amines) is 1. The number of nitrogens with zero attached hydrogens (tertiary/aromatic N) is 1. The smallest absolute Gasteiger partial charge is 0.343 e. The van der Waals surface area contributed by atoms with Crippen molar-refractivity contribution in [1.82, 2.24) is 4.90 Å². The molecule has 1 aliphatic heterocycles. The molecule has 0 aromatic carbocycles. The van der Waals surface area contributed by atoms with E-state index >= 15 is 0 Å². The van der Waals surface area contributed by atoms with Crippen molar-refractivity contribution in [2.45, 2.75) is 19.3 Å². The Hall–Kier alpha value is -0.100. The zero-order valence-electron chi connectivity index (χ0n) is 8.30. The van der Waals surface area contributed by atoms with Crippen LogP contribution >= 0.6 is 22.6 Å². The molecule has 0 aromatic heterocycles. The summed E-state index contributed by atoms with van der Waals surface area (Å²) in [6.45, 7) is 7.15. The van der Waals surface area contributed by atoms with Crippen LogP contribution in [0.1, 0.15) is 19.3 Å². The van der Waals surface area contributed by atoms with Gasteiger partial charge in [-0.2, -0.15) is 0 Å². The average Bonchev–Trinajstić information content (AvgIpc) is 2.19. The van der Waals surface area contributed by atoms with Gasteiger partial charge in [0.25, 0.3) is 0 Å². The number of piperidine rings is 1. The van der Waals surface area contributed by atoms with Crippen molar-refractivity contribution < 1.29 is 9.53 Å². The molecule has 0 spiro atoms. The predicted molar refractivity (Wildman–Crippen MR) is 64.4 cm³/mol. The molecule has 80 valence electrons. The van der Waals surface area contributed by atoms with Crippen molar-refractivity contribution in [2.75, 3.05) is 26.2 Å². The molecule has 1 fully saturated rings. The average molecular weight is 309 g/mol. The monoisotopic (exact) mass is 309 g/mol. The van der Waals surface area contributed by atoms with Crippen LogP contribution in [0.5, 0.6) is 0 Å². The molecule has 0 aromatic rings. The maximum absolute atomic E-state index is 11.0. The summed E-state index contributed by atoms with van der Waals surface area (Å²) in [4.78, 5) is 13.4. The number of hydrogen-bond acceptors (Lipinski definition) is 3. The Morgan fingerprint density at radius 3 is 2.57 bits per heavy atom. The normalized spacial score (nSPS) is 17.8. The van der Waals surface area contributed by atoms with E-state index < -0.39 is 0 Å². The van der Waals surface area contributed by atoms with Crippen molar-refractivity contribution in [2.24, 2.45) is 0 Å². The quantitative estimate of drug-likeness (QED) is 0.452. The highest BCUT2D eigenvalue weighted by Gasteiger charge is 2.10. The predicted octanol–water partition coefficient (Wildman–Crippen LogP) is 1.96. The van der Waals surface area contributed by atoms with Crippen LogP contribution in [-0.4, -0.2) is 37.1 Å². The number of ether oxygens (including phenoxy) is 1. The SMILES string of the molecule is C=C(I)C(=O)OCCN1CCCCC1. The molecule has 14 heavy (non-hydrogen) atoms. The van der Waals surface area contributed by atoms with Gasteiger partial charge in [0.1, 0.15) is 6.61 Å². The molecule has 1 saturated heterocycles. The molecule has 1 rings (SSSR count). The lowest BCUT2D eigenvalue weighted by Gasteiger charge is -2.25. The summed E-state index contributed by atoms with van der Waals surface area (Å²) < 4.78 is 5.46. The minimum atomic E-state index is -0.289. The first-order chi connectivity index (χ1) is 6.70. The lowest BCUT2D eigenvalue weighted by atomic mass is 10.1. The van der Waals surface area contributed by atoms with Crippen molar-refractivity contribution in [3.8, 4) is 0 Å². The van der Waals surface area contributed by atoms with Gasteiger partial charge in [-0.05, 0) is 48.5 Å². The summed E-state index contributed by atoms with van der Waals surface area (Å²) >= 11 is 1.88. The Morgan fingerprint density at radius 2 is 2.00 bits per heavy atom. The van der Waals surface area contributed by atoms with Crippen LogP contribution in [0, 0.1) is 0 Å². The lowest BCUT2D eigenvalue weighted by Crippen LogP contribution is -2.33. The summed E-state index contributed by atoms with van der Waals surface area (Å²) in [5.74, 6) is -0.289. The van der Waals surface area contributed by atoms with Gasteiger partial charge in [-0.3, -0.25) is 4.90 Å². The number of carbonyl (C=O) groups excluding carboxylic acids is 1. The Bertz CT molecular complexity index is 212. The van der Waals surface area contributed by atoms with Crippen LogP contribution in [0.3, 0.4) is 0 Å². The second-order valence-corrected chi connectivity index (χ2v) is 4.75. The number of carbonyl (C=O) groups is 1. The van der Waals surface area contributed by atoms with E-state index in [1.54, 1.807) is 0 Å². The molecule has 0 N–H and O–H groups in total. The molecule has 0 bridgehead atoms. The fourth-order valence-corrected chi connectivity index (χ4v) is 1.68. The van der Waals surface area contributed by atoms with Crippen LogP contribution in [0.25, 0.3) is 0 Å². The van der Waals surface area contributed by atoms with Gasteiger partial charge in [-0.25, -0.2) is 4.79 Å². The molecular weight excluding hydrogens is 293 g/mol. The van der Waals surface area contributed by atoms with Crippen LogP contribution < -0.4 is 0 Å². The molecule has 4 heteroatoms. The Morgan fingerprint density at radius 1 is 1.36 bits per heavy atom. The summed E-state index contributed by atoms with van der Waals surface area (Å²) in [5, 5.41) is 0. The number of rotatable bonds is 4. The van der Waals surface area contributed by atoms with Gasteiger partial charge in [-0.1, -0.05) is 13.0 Å². The minimum absolute atomic E-state index is 0.289. The van der Waals surface area contributed by atoms with Gasteiger partial charge in [-0.15, -0.1) is 0 Å². The first-order valence-electron chi connectivity index (χ1n) is 4.94. The highest BCUT2D eigenvalue weighted by atomic mass is 127. The molecule has 0 unspecified atom stereocenters. The summed E-state index contributed by atoms with van der Waals surface area (Å²) in [6.07, 6.45) is 3.88. The van der Waals surface area contributed by atoms with E-state index in [2.05, 4.69) is 11.5 Å². The number of hydrogen-bond donors (Lipinski definition) is 0. The lowest BCUT2D eigenvalue weighted by molar-refractivity contribution is -0.138. The third kappa shape index (κ3) is 4.41. The summed E-state index contributed by atoms with van der Waals surface area (Å²) in [7, 11) is 0. The zero-order valence-corrected chi connectivity index (χ0v) is 10.5. The van der Waals surface area contributed by atoms with Gasteiger partial charge in [0, 0.05) is 6.54 Å². The molecule has 1 heterocycles. The largest absolute Gasteiger partial charge is 0.460 e. The maximum atomic E-state index is 11.0. The zero-order chi connectivity index (χ0) is 10.4. The minimum Gasteiger partial charge on any atom is -0.460 e. The van der Waals surface area contributed by atoms with E-state index in [9.17, 15) is 4.79 Å². The summed E-state index contributed by atoms with van der Waals surface area (Å²) in [5.41, 5.74) is 0. The molecule has 0 saturated carbocycles. The Balaban J connectivity index is 2.08. The fraction of sp³-hybridized carbons (Fsp3) is 0.700. The Kier molecular flexibility index (Phi) is 5.47. The van der Waals surface area contributed by atoms with Crippen molar-refractivity contribution in [3.05, 3.63) is 10.2 Å². The number of halogens is 1. The molecular formula is C10H16INO2. The third-order valence-electron chi connectivity index (χ3n) is 2.31. The van der Waals surface area contributed by atoms with Crippen LogP contribution in [0.15, 0.2) is 10.2 Å². The van der Waals surface area contributed by atoms with E-state index in [1.165, 1.54) is 19.3 Å². The first kappa shape index (κ1) is 12.0. The third-order valence-corrected chi connectivity index (χ3v) is 2.75. The first-order valence-corrected chi connectivity index (χ1v) is 6.02. The van der Waals surface area contributed by atoms with Crippen molar-refractivity contribution in [1.29, 1.82) is 0 Å². The molecule has 0 radical (unpaired) electrons. The molecule has 1 aliphatic rings. The summed E-state index contributed by atoms with van der Waals surface area (Å²) in [6, 6.07) is 0. The maximum Gasteiger partial charge on any atom is 0.343 e. The fourth-order valence-electron chi connectivity index (χ4n) is 1.53. The van der Waals surface area contributed by atoms with E-state index in [0.29, 0.717) is 10.2 Å². The van der Waals surface area contributed by atoms with Gasteiger partial charge >= 0.3 is 5.97 Å². The van der Waals surface area contributed by atoms with Gasteiger partial charge < -0.3 is 4.74 Å². The van der Waals surface area contributed by atoms with E-state index in [0.717, 1.165) is 19.6 Å². The van der Waals surface area contributed by atoms with Gasteiger partial charge in [0.2, 0.25) is 0 Å². The highest BCUT2D eigenvalue weighted by Crippen LogP contribution is 2.08. The number of esters is 1. The van der Waals surface area contributed by atoms with E-state index in [4.69, 9.17) is 4.74 Å². The van der Waals surface area contributed by atoms with Crippen molar-refractivity contribution >= 4 is 28.6 Å². The standard InChI is InChI=1S/C10H16INO2/c1-9(11)10(13)14-8-7-12-5-3-2-4-6-12/h1-8H2. The van der Waals surface area contributed by atoms with E-state index in [1.807, 2.05) is 22.6 Å². The topological polar surface area (TPSA) is 29.5 Å². The second-order valence-electron chi connectivity index (χ2n) is 3.44. The molecule has 0 atom stereocenters. The molecule has 0 amide bonds. The Labute approximate surface area is 98.6 Å². The van der Waals surface area contributed by atoms with Crippen molar-refractivity contribution in [3.63, 3.8) is 0 Å². The highest BCUT2D eigenvalue weighted by molar-refractivity contribution is 14.1.